The molecule has 1 heterocycles. The van der Waals surface area contributed by atoms with Crippen LogP contribution in [0.25, 0.3) is 0 Å². The van der Waals surface area contributed by atoms with Gasteiger partial charge in [-0.25, -0.2) is 0 Å². The van der Waals surface area contributed by atoms with E-state index in [1.165, 1.54) is 10.8 Å². The van der Waals surface area contributed by atoms with Crippen molar-refractivity contribution in [2.75, 3.05) is 6.61 Å². The Morgan fingerprint density at radius 1 is 1.25 bits per heavy atom. The molecule has 0 aliphatic carbocycles. The second-order valence-electron chi connectivity index (χ2n) is 6.20. The summed E-state index contributed by atoms with van der Waals surface area (Å²) in [6.45, 7) is 12.1. The van der Waals surface area contributed by atoms with Gasteiger partial charge in [-0.05, 0) is 5.56 Å². The van der Waals surface area contributed by atoms with E-state index in [0.29, 0.717) is 13.2 Å². The fourth-order valence-electron chi connectivity index (χ4n) is 2.41. The Bertz CT molecular complexity index is 474. The van der Waals surface area contributed by atoms with Gasteiger partial charge in [-0.2, -0.15) is 0 Å². The molecule has 0 saturated heterocycles. The standard InChI is InChI=1S/C17H24O2Si/c1-5-16-17(20(2,3)4)11-15(19-16)13-18-12-14-9-7-6-8-10-14/h5-11,15-16H,1,12-13H2,2-4H3/t15-,16+/m1/s1. The molecular formula is C17H24O2Si. The molecule has 20 heavy (non-hydrogen) atoms. The molecule has 108 valence electrons. The molecule has 0 aromatic heterocycles. The first-order valence-electron chi connectivity index (χ1n) is 7.12. The molecule has 2 nitrogen and oxygen atoms in total. The van der Waals surface area contributed by atoms with E-state index in [2.05, 4.69) is 44.4 Å². The SMILES string of the molecule is C=C[C@@H]1O[C@@H](COCc2ccccc2)C=C1[Si](C)(C)C. The first-order chi connectivity index (χ1) is 9.50. The van der Waals surface area contributed by atoms with E-state index in [1.54, 1.807) is 0 Å². The molecule has 1 aromatic rings. The molecule has 0 bridgehead atoms. The van der Waals surface area contributed by atoms with E-state index in [-0.39, 0.29) is 12.2 Å². The number of benzene rings is 1. The van der Waals surface area contributed by atoms with E-state index >= 15 is 0 Å². The molecule has 1 aromatic carbocycles. The van der Waals surface area contributed by atoms with E-state index < -0.39 is 8.07 Å². The van der Waals surface area contributed by atoms with E-state index in [0.717, 1.165) is 0 Å². The van der Waals surface area contributed by atoms with Crippen LogP contribution in [0, 0.1) is 0 Å². The van der Waals surface area contributed by atoms with Gasteiger partial charge in [-0.1, -0.05) is 67.3 Å². The molecule has 0 unspecified atom stereocenters. The van der Waals surface area contributed by atoms with Gasteiger partial charge < -0.3 is 9.47 Å². The first-order valence-corrected chi connectivity index (χ1v) is 10.6. The molecule has 0 spiro atoms. The van der Waals surface area contributed by atoms with Crippen LogP contribution in [-0.2, 0) is 16.1 Å². The second-order valence-corrected chi connectivity index (χ2v) is 11.3. The van der Waals surface area contributed by atoms with E-state index in [1.807, 2.05) is 24.3 Å². The zero-order chi connectivity index (χ0) is 14.6. The van der Waals surface area contributed by atoms with Crippen molar-refractivity contribution in [2.24, 2.45) is 0 Å². The van der Waals surface area contributed by atoms with Crippen molar-refractivity contribution in [3.8, 4) is 0 Å². The van der Waals surface area contributed by atoms with Crippen molar-refractivity contribution in [3.05, 3.63) is 59.8 Å². The van der Waals surface area contributed by atoms with Gasteiger partial charge in [0.05, 0.1) is 27.4 Å². The summed E-state index contributed by atoms with van der Waals surface area (Å²) in [5.74, 6) is 0. The summed E-state index contributed by atoms with van der Waals surface area (Å²) in [5.41, 5.74) is 1.19. The Labute approximate surface area is 123 Å². The summed E-state index contributed by atoms with van der Waals surface area (Å²) >= 11 is 0. The van der Waals surface area contributed by atoms with Gasteiger partial charge in [0.25, 0.3) is 0 Å². The van der Waals surface area contributed by atoms with E-state index in [4.69, 9.17) is 9.47 Å². The van der Waals surface area contributed by atoms with Gasteiger partial charge in [0.15, 0.2) is 0 Å². The topological polar surface area (TPSA) is 18.5 Å². The summed E-state index contributed by atoms with van der Waals surface area (Å²) in [4.78, 5) is 0. The van der Waals surface area contributed by atoms with Crippen LogP contribution in [0.4, 0.5) is 0 Å². The summed E-state index contributed by atoms with van der Waals surface area (Å²) in [6.07, 6.45) is 4.29. The lowest BCUT2D eigenvalue weighted by molar-refractivity contribution is 0.00410. The van der Waals surface area contributed by atoms with E-state index in [9.17, 15) is 0 Å². The van der Waals surface area contributed by atoms with Crippen molar-refractivity contribution >= 4 is 8.07 Å². The van der Waals surface area contributed by atoms with Crippen molar-refractivity contribution in [3.63, 3.8) is 0 Å². The van der Waals surface area contributed by atoms with Crippen LogP contribution in [0.3, 0.4) is 0 Å². The molecule has 0 saturated carbocycles. The fourth-order valence-corrected chi connectivity index (χ4v) is 4.14. The third-order valence-electron chi connectivity index (χ3n) is 3.47. The fraction of sp³-hybridized carbons (Fsp3) is 0.412. The number of hydrogen-bond donors (Lipinski definition) is 0. The lowest BCUT2D eigenvalue weighted by atomic mass is 10.2. The smallest absolute Gasteiger partial charge is 0.100 e. The quantitative estimate of drug-likeness (QED) is 0.583. The Morgan fingerprint density at radius 3 is 2.50 bits per heavy atom. The highest BCUT2D eigenvalue weighted by molar-refractivity contribution is 6.83. The van der Waals surface area contributed by atoms with Gasteiger partial charge in [0.1, 0.15) is 6.10 Å². The highest BCUT2D eigenvalue weighted by Crippen LogP contribution is 2.29. The third-order valence-corrected chi connectivity index (χ3v) is 5.65. The van der Waals surface area contributed by atoms with Crippen LogP contribution in [0.2, 0.25) is 19.6 Å². The maximum Gasteiger partial charge on any atom is 0.100 e. The molecular weight excluding hydrogens is 264 g/mol. The third kappa shape index (κ3) is 3.92. The zero-order valence-corrected chi connectivity index (χ0v) is 13.6. The highest BCUT2D eigenvalue weighted by Gasteiger charge is 2.33. The molecule has 0 radical (unpaired) electrons. The average molecular weight is 288 g/mol. The van der Waals surface area contributed by atoms with Gasteiger partial charge in [0, 0.05) is 0 Å². The summed E-state index contributed by atoms with van der Waals surface area (Å²) in [5, 5.41) is 1.43. The van der Waals surface area contributed by atoms with Gasteiger partial charge >= 0.3 is 0 Å². The molecule has 1 aliphatic rings. The van der Waals surface area contributed by atoms with Crippen molar-refractivity contribution in [2.45, 2.75) is 38.5 Å². The predicted octanol–water partition coefficient (Wildman–Crippen LogP) is 3.96. The number of rotatable bonds is 6. The lowest BCUT2D eigenvalue weighted by Crippen LogP contribution is -2.29. The Kier molecular flexibility index (Phi) is 4.97. The van der Waals surface area contributed by atoms with Crippen LogP contribution in [0.1, 0.15) is 5.56 Å². The zero-order valence-electron chi connectivity index (χ0n) is 12.6. The van der Waals surface area contributed by atoms with Crippen LogP contribution in [0.15, 0.2) is 54.3 Å². The maximum atomic E-state index is 5.99. The lowest BCUT2D eigenvalue weighted by Gasteiger charge is -2.22. The van der Waals surface area contributed by atoms with Crippen molar-refractivity contribution in [1.29, 1.82) is 0 Å². The number of hydrogen-bond acceptors (Lipinski definition) is 2. The predicted molar refractivity (Wildman–Crippen MR) is 86.4 cm³/mol. The highest BCUT2D eigenvalue weighted by atomic mass is 28.3. The van der Waals surface area contributed by atoms with Crippen LogP contribution < -0.4 is 0 Å². The van der Waals surface area contributed by atoms with Crippen LogP contribution in [-0.4, -0.2) is 26.9 Å². The first kappa shape index (κ1) is 15.2. The van der Waals surface area contributed by atoms with Crippen LogP contribution in [0.5, 0.6) is 0 Å². The average Bonchev–Trinajstić information content (AvgIpc) is 2.83. The summed E-state index contributed by atoms with van der Waals surface area (Å²) in [7, 11) is -1.34. The maximum absolute atomic E-state index is 5.99. The monoisotopic (exact) mass is 288 g/mol. The Morgan fingerprint density at radius 2 is 1.95 bits per heavy atom. The summed E-state index contributed by atoms with van der Waals surface area (Å²) < 4.78 is 11.8. The molecule has 0 N–H and O–H groups in total. The Balaban J connectivity index is 1.88. The molecule has 0 fully saturated rings. The van der Waals surface area contributed by atoms with Gasteiger partial charge in [-0.15, -0.1) is 6.58 Å². The molecule has 1 aliphatic heterocycles. The van der Waals surface area contributed by atoms with Crippen LogP contribution >= 0.6 is 0 Å². The molecule has 2 rings (SSSR count). The largest absolute Gasteiger partial charge is 0.374 e. The Hall–Kier alpha value is -1.16. The minimum atomic E-state index is -1.34. The minimum Gasteiger partial charge on any atom is -0.374 e. The van der Waals surface area contributed by atoms with Crippen molar-refractivity contribution < 1.29 is 9.47 Å². The van der Waals surface area contributed by atoms with Crippen molar-refractivity contribution in [1.82, 2.24) is 0 Å². The molecule has 0 amide bonds. The normalized spacial score (nSPS) is 22.6. The van der Waals surface area contributed by atoms with Gasteiger partial charge in [-0.3, -0.25) is 0 Å². The summed E-state index contributed by atoms with van der Waals surface area (Å²) in [6, 6.07) is 10.2. The van der Waals surface area contributed by atoms with Gasteiger partial charge in [0.2, 0.25) is 0 Å². The molecule has 3 heteroatoms. The second kappa shape index (κ2) is 6.53. The minimum absolute atomic E-state index is 0.0587. The molecule has 2 atom stereocenters. The number of ether oxygens (including phenoxy) is 2.